The summed E-state index contributed by atoms with van der Waals surface area (Å²) in [6.45, 7) is 2.20. The minimum Gasteiger partial charge on any atom is -0.483 e. The Bertz CT molecular complexity index is 1220. The summed E-state index contributed by atoms with van der Waals surface area (Å²) in [5.74, 6) is 0.900. The maximum Gasteiger partial charge on any atom is 0.260 e. The van der Waals surface area contributed by atoms with Gasteiger partial charge in [-0.05, 0) is 73.4 Å². The Hall–Kier alpha value is -3.41. The molecule has 0 radical (unpaired) electrons. The van der Waals surface area contributed by atoms with Gasteiger partial charge in [-0.15, -0.1) is 0 Å². The quantitative estimate of drug-likeness (QED) is 0.515. The molecule has 0 N–H and O–H groups in total. The molecule has 35 heavy (non-hydrogen) atoms. The lowest BCUT2D eigenvalue weighted by Gasteiger charge is -2.44. The number of likely N-dealkylation sites (tertiary alicyclic amines) is 1. The molecule has 0 bridgehead atoms. The number of nitrogens with zero attached hydrogens (tertiary/aromatic N) is 3. The normalized spacial score (nSPS) is 18.9. The van der Waals surface area contributed by atoms with Crippen LogP contribution in [0.1, 0.15) is 48.0 Å². The first-order chi connectivity index (χ1) is 17.0. The lowest BCUT2D eigenvalue weighted by molar-refractivity contribution is -0.134. The van der Waals surface area contributed by atoms with E-state index in [2.05, 4.69) is 11.1 Å². The van der Waals surface area contributed by atoms with Crippen molar-refractivity contribution in [3.8, 4) is 5.75 Å². The molecule has 3 aromatic rings. The van der Waals surface area contributed by atoms with Gasteiger partial charge in [0.2, 0.25) is 0 Å². The molecule has 6 heteroatoms. The van der Waals surface area contributed by atoms with E-state index in [1.807, 2.05) is 65.4 Å². The number of hydrogen-bond donors (Lipinski definition) is 0. The zero-order valence-corrected chi connectivity index (χ0v) is 20.4. The molecule has 0 unspecified atom stereocenters. The van der Waals surface area contributed by atoms with E-state index in [9.17, 15) is 9.59 Å². The van der Waals surface area contributed by atoms with Gasteiger partial charge in [-0.3, -0.25) is 14.6 Å². The van der Waals surface area contributed by atoms with Gasteiger partial charge in [-0.2, -0.15) is 0 Å². The minimum absolute atomic E-state index is 0.00281. The van der Waals surface area contributed by atoms with Gasteiger partial charge >= 0.3 is 0 Å². The molecule has 2 aliphatic rings. The zero-order chi connectivity index (χ0) is 24.3. The van der Waals surface area contributed by atoms with E-state index in [1.54, 1.807) is 6.20 Å². The highest BCUT2D eigenvalue weighted by Gasteiger charge is 2.37. The predicted octanol–water partition coefficient (Wildman–Crippen LogP) is 4.72. The molecule has 1 spiro atoms. The van der Waals surface area contributed by atoms with Gasteiger partial charge in [-0.25, -0.2) is 0 Å². The van der Waals surface area contributed by atoms with Crippen LogP contribution < -0.4 is 4.74 Å². The van der Waals surface area contributed by atoms with Crippen molar-refractivity contribution >= 4 is 22.7 Å². The summed E-state index contributed by atoms with van der Waals surface area (Å²) in [6, 6.07) is 17.7. The molecule has 2 amide bonds. The zero-order valence-electron chi connectivity index (χ0n) is 20.4. The molecule has 182 valence electrons. The molecule has 2 aromatic carbocycles. The summed E-state index contributed by atoms with van der Waals surface area (Å²) in [5, 5.41) is 0.982. The fourth-order valence-corrected chi connectivity index (χ4v) is 5.57. The Kier molecular flexibility index (Phi) is 6.71. The molecule has 1 aromatic heterocycles. The van der Waals surface area contributed by atoms with Crippen molar-refractivity contribution in [1.82, 2.24) is 14.8 Å². The monoisotopic (exact) mass is 471 g/mol. The molecule has 0 aliphatic carbocycles. The third kappa shape index (κ3) is 5.16. The van der Waals surface area contributed by atoms with E-state index in [0.717, 1.165) is 55.2 Å². The highest BCUT2D eigenvalue weighted by Crippen LogP contribution is 2.38. The fourth-order valence-electron chi connectivity index (χ4n) is 5.57. The summed E-state index contributed by atoms with van der Waals surface area (Å²) >= 11 is 0. The number of pyridine rings is 1. The standard InChI is InChI=1S/C29H33N3O3/c1-31-21-29(13-5-4-8-22-7-2-3-10-26(22)35-20-27(31)33)14-17-32(18-15-29)28(34)24-11-12-25-23(19-24)9-6-16-30-25/h2-3,6-7,9-12,16,19H,4-5,8,13-15,17-18,20-21H2,1H3. The van der Waals surface area contributed by atoms with Crippen molar-refractivity contribution in [3.63, 3.8) is 0 Å². The summed E-state index contributed by atoms with van der Waals surface area (Å²) in [7, 11) is 1.88. The van der Waals surface area contributed by atoms with Crippen LogP contribution in [0.5, 0.6) is 5.75 Å². The van der Waals surface area contributed by atoms with Crippen molar-refractivity contribution < 1.29 is 14.3 Å². The van der Waals surface area contributed by atoms with Gasteiger partial charge in [0.1, 0.15) is 5.75 Å². The summed E-state index contributed by atoms with van der Waals surface area (Å²) in [6.07, 6.45) is 7.79. The molecule has 2 aliphatic heterocycles. The number of hydrogen-bond acceptors (Lipinski definition) is 4. The Morgan fingerprint density at radius 1 is 1.00 bits per heavy atom. The van der Waals surface area contributed by atoms with Crippen LogP contribution in [0.3, 0.4) is 0 Å². The smallest absolute Gasteiger partial charge is 0.260 e. The largest absolute Gasteiger partial charge is 0.483 e. The fraction of sp³-hybridized carbons (Fsp3) is 0.414. The molecule has 0 atom stereocenters. The number of likely N-dealkylation sites (N-methyl/N-ethyl adjacent to an activating group) is 1. The lowest BCUT2D eigenvalue weighted by atomic mass is 9.73. The van der Waals surface area contributed by atoms with Gasteiger partial charge < -0.3 is 14.5 Å². The van der Waals surface area contributed by atoms with Gasteiger partial charge in [0.25, 0.3) is 11.8 Å². The molecule has 5 rings (SSSR count). The number of carbonyl (C=O) groups is 2. The number of aryl methyl sites for hydroxylation is 1. The number of carbonyl (C=O) groups excluding carboxylic acids is 2. The second-order valence-electron chi connectivity index (χ2n) is 10.1. The number of piperidine rings is 1. The Labute approximate surface area is 206 Å². The van der Waals surface area contributed by atoms with Crippen molar-refractivity contribution in [3.05, 3.63) is 71.9 Å². The maximum atomic E-state index is 13.3. The van der Waals surface area contributed by atoms with Crippen molar-refractivity contribution in [2.24, 2.45) is 5.41 Å². The Morgan fingerprint density at radius 2 is 1.83 bits per heavy atom. The number of rotatable bonds is 1. The predicted molar refractivity (Wildman–Crippen MR) is 136 cm³/mol. The van der Waals surface area contributed by atoms with E-state index < -0.39 is 0 Å². The average Bonchev–Trinajstić information content (AvgIpc) is 2.89. The first-order valence-electron chi connectivity index (χ1n) is 12.6. The number of aromatic nitrogens is 1. The summed E-state index contributed by atoms with van der Waals surface area (Å²) < 4.78 is 5.90. The van der Waals surface area contributed by atoms with Crippen LogP contribution in [0.15, 0.2) is 60.8 Å². The highest BCUT2D eigenvalue weighted by atomic mass is 16.5. The molecule has 1 fully saturated rings. The van der Waals surface area contributed by atoms with E-state index in [0.29, 0.717) is 25.2 Å². The summed E-state index contributed by atoms with van der Waals surface area (Å²) in [5.41, 5.74) is 2.81. The Balaban J connectivity index is 1.27. The van der Waals surface area contributed by atoms with Crippen molar-refractivity contribution in [1.29, 1.82) is 0 Å². The number of amides is 2. The molecular weight excluding hydrogens is 438 g/mol. The van der Waals surface area contributed by atoms with Crippen LogP contribution >= 0.6 is 0 Å². The van der Waals surface area contributed by atoms with Crippen LogP contribution in [0.2, 0.25) is 0 Å². The number of ether oxygens (including phenoxy) is 1. The van der Waals surface area contributed by atoms with Crippen LogP contribution in [0, 0.1) is 5.41 Å². The van der Waals surface area contributed by atoms with Crippen molar-refractivity contribution in [2.75, 3.05) is 33.3 Å². The van der Waals surface area contributed by atoms with E-state index in [4.69, 9.17) is 4.74 Å². The molecule has 1 saturated heterocycles. The van der Waals surface area contributed by atoms with Gasteiger partial charge in [-0.1, -0.05) is 30.7 Å². The topological polar surface area (TPSA) is 62.7 Å². The molecule has 3 heterocycles. The Morgan fingerprint density at radius 3 is 2.69 bits per heavy atom. The summed E-state index contributed by atoms with van der Waals surface area (Å²) in [4.78, 5) is 34.3. The highest BCUT2D eigenvalue weighted by molar-refractivity contribution is 5.98. The van der Waals surface area contributed by atoms with Gasteiger partial charge in [0.15, 0.2) is 6.61 Å². The molecule has 0 saturated carbocycles. The molecule has 6 nitrogen and oxygen atoms in total. The van der Waals surface area contributed by atoms with E-state index in [-0.39, 0.29) is 23.8 Å². The number of benzene rings is 2. The molecular formula is C29H33N3O3. The third-order valence-electron chi connectivity index (χ3n) is 7.69. The average molecular weight is 472 g/mol. The van der Waals surface area contributed by atoms with Crippen molar-refractivity contribution in [2.45, 2.75) is 38.5 Å². The van der Waals surface area contributed by atoms with Crippen LogP contribution in [0.4, 0.5) is 0 Å². The number of para-hydroxylation sites is 1. The van der Waals surface area contributed by atoms with Crippen LogP contribution in [0.25, 0.3) is 10.9 Å². The van der Waals surface area contributed by atoms with Crippen LogP contribution in [-0.2, 0) is 11.2 Å². The first-order valence-corrected chi connectivity index (χ1v) is 12.6. The van der Waals surface area contributed by atoms with E-state index in [1.165, 1.54) is 5.56 Å². The van der Waals surface area contributed by atoms with Crippen LogP contribution in [-0.4, -0.2) is 59.9 Å². The SMILES string of the molecule is CN1CC2(CCCCc3ccccc3OCC1=O)CCN(C(=O)c1ccc3ncccc3c1)CC2. The van der Waals surface area contributed by atoms with E-state index >= 15 is 0 Å². The number of fused-ring (bicyclic) bond motifs is 2. The van der Waals surface area contributed by atoms with Gasteiger partial charge in [0, 0.05) is 43.8 Å². The first kappa shape index (κ1) is 23.3. The lowest BCUT2D eigenvalue weighted by Crippen LogP contribution is -2.49. The second-order valence-corrected chi connectivity index (χ2v) is 10.1. The van der Waals surface area contributed by atoms with Gasteiger partial charge in [0.05, 0.1) is 5.52 Å². The maximum absolute atomic E-state index is 13.3. The second kappa shape index (κ2) is 10.1. The minimum atomic E-state index is 0.00281. The third-order valence-corrected chi connectivity index (χ3v) is 7.69.